The van der Waals surface area contributed by atoms with Gasteiger partial charge in [0.2, 0.25) is 0 Å². The van der Waals surface area contributed by atoms with E-state index >= 15 is 0 Å². The maximum absolute atomic E-state index is 12.7. The molecule has 0 aromatic heterocycles. The average molecular weight is 301 g/mol. The smallest absolute Gasteiger partial charge is 0.347 e. The molecule has 0 bridgehead atoms. The molecule has 0 aliphatic carbocycles. The van der Waals surface area contributed by atoms with Gasteiger partial charge in [-0.25, -0.2) is 0 Å². The Morgan fingerprint density at radius 1 is 1.33 bits per heavy atom. The van der Waals surface area contributed by atoms with Crippen molar-refractivity contribution in [2.75, 3.05) is 6.54 Å². The summed E-state index contributed by atoms with van der Waals surface area (Å²) >= 11 is 0. The van der Waals surface area contributed by atoms with Crippen LogP contribution in [0.25, 0.3) is 0 Å². The van der Waals surface area contributed by atoms with Crippen molar-refractivity contribution in [2.45, 2.75) is 44.4 Å². The van der Waals surface area contributed by atoms with Crippen LogP contribution in [0.5, 0.6) is 0 Å². The molecule has 6 heteroatoms. The fourth-order valence-electron chi connectivity index (χ4n) is 3.06. The molecule has 3 atom stereocenters. The summed E-state index contributed by atoms with van der Waals surface area (Å²) in [5.74, 6) is -0.626. The van der Waals surface area contributed by atoms with Crippen LogP contribution in [0.4, 0.5) is 13.2 Å². The lowest BCUT2D eigenvalue weighted by Crippen LogP contribution is -2.72. The van der Waals surface area contributed by atoms with Crippen LogP contribution in [0.15, 0.2) is 24.3 Å². The average Bonchev–Trinajstić information content (AvgIpc) is 2.39. The van der Waals surface area contributed by atoms with Gasteiger partial charge in [-0.1, -0.05) is 24.3 Å². The zero-order valence-corrected chi connectivity index (χ0v) is 12.2. The van der Waals surface area contributed by atoms with Gasteiger partial charge in [0, 0.05) is 18.4 Å². The number of hydrogen-bond acceptors (Lipinski definition) is 1. The highest BCUT2D eigenvalue weighted by Crippen LogP contribution is 2.35. The molecular weight excluding hydrogens is 281 g/mol. The normalized spacial score (nSPS) is 27.0. The minimum Gasteiger partial charge on any atom is -0.347 e. The molecule has 0 saturated carbocycles. The van der Waals surface area contributed by atoms with Crippen LogP contribution >= 0.6 is 0 Å². The Hall–Kier alpha value is -1.56. The van der Waals surface area contributed by atoms with Crippen LogP contribution in [0.3, 0.4) is 0 Å². The second-order valence-electron chi connectivity index (χ2n) is 5.72. The summed E-state index contributed by atoms with van der Waals surface area (Å²) in [4.78, 5) is 13.0. The van der Waals surface area contributed by atoms with Gasteiger partial charge < -0.3 is 10.6 Å². The molecule has 1 fully saturated rings. The maximum Gasteiger partial charge on any atom is 0.406 e. The summed E-state index contributed by atoms with van der Waals surface area (Å²) in [6.45, 7) is 2.42. The molecular formula is C15H20F3N2O+. The zero-order valence-electron chi connectivity index (χ0n) is 12.2. The topological polar surface area (TPSA) is 48.0 Å². The molecule has 0 unspecified atom stereocenters. The SMILES string of the molecule is Cc1ccccc1[C@@H]1C[C@H]([NH3+])C(=O)N(CC(F)(F)F)[C@@H]1C. The van der Waals surface area contributed by atoms with E-state index in [1.807, 2.05) is 31.2 Å². The minimum absolute atomic E-state index is 0.117. The number of piperidine rings is 1. The number of hydrogen-bond donors (Lipinski definition) is 1. The van der Waals surface area contributed by atoms with Crippen molar-refractivity contribution in [3.63, 3.8) is 0 Å². The Balaban J connectivity index is 2.32. The number of halogens is 3. The van der Waals surface area contributed by atoms with E-state index in [-0.39, 0.29) is 5.92 Å². The van der Waals surface area contributed by atoms with E-state index in [2.05, 4.69) is 5.73 Å². The number of aryl methyl sites for hydroxylation is 1. The third kappa shape index (κ3) is 3.37. The summed E-state index contributed by atoms with van der Waals surface area (Å²) in [5.41, 5.74) is 5.77. The quantitative estimate of drug-likeness (QED) is 0.891. The van der Waals surface area contributed by atoms with Gasteiger partial charge in [-0.15, -0.1) is 0 Å². The van der Waals surface area contributed by atoms with Crippen LogP contribution in [0.1, 0.15) is 30.4 Å². The van der Waals surface area contributed by atoms with E-state index < -0.39 is 30.7 Å². The van der Waals surface area contributed by atoms with E-state index in [0.717, 1.165) is 16.0 Å². The second-order valence-corrected chi connectivity index (χ2v) is 5.72. The van der Waals surface area contributed by atoms with Gasteiger partial charge in [-0.3, -0.25) is 4.79 Å². The van der Waals surface area contributed by atoms with Crippen molar-refractivity contribution < 1.29 is 23.7 Å². The molecule has 1 heterocycles. The fraction of sp³-hybridized carbons (Fsp3) is 0.533. The van der Waals surface area contributed by atoms with E-state index in [0.29, 0.717) is 6.42 Å². The largest absolute Gasteiger partial charge is 0.406 e. The number of rotatable bonds is 2. The molecule has 116 valence electrons. The molecule has 0 radical (unpaired) electrons. The molecule has 21 heavy (non-hydrogen) atoms. The van der Waals surface area contributed by atoms with Crippen molar-refractivity contribution in [1.29, 1.82) is 0 Å². The maximum atomic E-state index is 12.7. The predicted molar refractivity (Wildman–Crippen MR) is 72.4 cm³/mol. The highest BCUT2D eigenvalue weighted by molar-refractivity contribution is 5.82. The van der Waals surface area contributed by atoms with Gasteiger partial charge in [0.25, 0.3) is 5.91 Å². The van der Waals surface area contributed by atoms with E-state index in [1.165, 1.54) is 0 Å². The summed E-state index contributed by atoms with van der Waals surface area (Å²) in [7, 11) is 0. The van der Waals surface area contributed by atoms with Gasteiger partial charge in [-0.05, 0) is 25.0 Å². The van der Waals surface area contributed by atoms with Gasteiger partial charge in [0.1, 0.15) is 6.54 Å². The number of carbonyl (C=O) groups is 1. The lowest BCUT2D eigenvalue weighted by molar-refractivity contribution is -0.412. The number of amides is 1. The van der Waals surface area contributed by atoms with E-state index in [9.17, 15) is 18.0 Å². The first-order valence-electron chi connectivity index (χ1n) is 6.96. The minimum atomic E-state index is -4.39. The lowest BCUT2D eigenvalue weighted by atomic mass is 9.80. The third-order valence-corrected chi connectivity index (χ3v) is 4.18. The molecule has 1 aliphatic rings. The third-order valence-electron chi connectivity index (χ3n) is 4.18. The highest BCUT2D eigenvalue weighted by Gasteiger charge is 2.45. The first kappa shape index (κ1) is 15.8. The zero-order chi connectivity index (χ0) is 15.8. The molecule has 1 aliphatic heterocycles. The van der Waals surface area contributed by atoms with Gasteiger partial charge in [0.15, 0.2) is 6.04 Å². The Bertz CT molecular complexity index is 530. The van der Waals surface area contributed by atoms with Crippen molar-refractivity contribution in [3.8, 4) is 0 Å². The number of benzene rings is 1. The molecule has 0 spiro atoms. The molecule has 1 amide bonds. The van der Waals surface area contributed by atoms with E-state index in [1.54, 1.807) is 6.92 Å². The Kier molecular flexibility index (Phi) is 4.27. The predicted octanol–water partition coefficient (Wildman–Crippen LogP) is 1.87. The fourth-order valence-corrected chi connectivity index (χ4v) is 3.06. The second kappa shape index (κ2) is 5.67. The standard InChI is InChI=1S/C15H19F3N2O/c1-9-5-3-4-6-11(9)12-7-13(19)14(21)20(10(12)2)8-15(16,17)18/h3-6,10,12-13H,7-8,19H2,1-2H3/p+1/t10-,12-,13+/m1/s1. The number of alkyl halides is 3. The van der Waals surface area contributed by atoms with Crippen LogP contribution in [0.2, 0.25) is 0 Å². The van der Waals surface area contributed by atoms with E-state index in [4.69, 9.17) is 0 Å². The first-order chi connectivity index (χ1) is 9.70. The number of likely N-dealkylation sites (tertiary alicyclic amines) is 1. The van der Waals surface area contributed by atoms with Crippen molar-refractivity contribution >= 4 is 5.91 Å². The highest BCUT2D eigenvalue weighted by atomic mass is 19.4. The van der Waals surface area contributed by atoms with Crippen molar-refractivity contribution in [2.24, 2.45) is 0 Å². The van der Waals surface area contributed by atoms with Gasteiger partial charge in [-0.2, -0.15) is 13.2 Å². The molecule has 3 N–H and O–H groups in total. The molecule has 1 aromatic carbocycles. The summed E-state index contributed by atoms with van der Waals surface area (Å²) < 4.78 is 38.1. The number of carbonyl (C=O) groups excluding carboxylic acids is 1. The molecule has 1 saturated heterocycles. The van der Waals surface area contributed by atoms with Crippen LogP contribution < -0.4 is 5.73 Å². The van der Waals surface area contributed by atoms with Crippen LogP contribution in [0, 0.1) is 6.92 Å². The Labute approximate surface area is 121 Å². The monoisotopic (exact) mass is 301 g/mol. The van der Waals surface area contributed by atoms with Gasteiger partial charge >= 0.3 is 6.18 Å². The summed E-state index contributed by atoms with van der Waals surface area (Å²) in [5, 5.41) is 0. The van der Waals surface area contributed by atoms with Crippen molar-refractivity contribution in [1.82, 2.24) is 4.90 Å². The van der Waals surface area contributed by atoms with Crippen LogP contribution in [-0.4, -0.2) is 35.6 Å². The molecule has 1 aromatic rings. The number of nitrogens with zero attached hydrogens (tertiary/aromatic N) is 1. The Morgan fingerprint density at radius 3 is 2.52 bits per heavy atom. The van der Waals surface area contributed by atoms with Crippen LogP contribution in [-0.2, 0) is 4.79 Å². The summed E-state index contributed by atoms with van der Waals surface area (Å²) in [6, 6.07) is 6.51. The van der Waals surface area contributed by atoms with Gasteiger partial charge in [0.05, 0.1) is 0 Å². The first-order valence-corrected chi connectivity index (χ1v) is 6.96. The number of quaternary nitrogens is 1. The lowest BCUT2D eigenvalue weighted by Gasteiger charge is -2.41. The van der Waals surface area contributed by atoms with Crippen molar-refractivity contribution in [3.05, 3.63) is 35.4 Å². The molecule has 2 rings (SSSR count). The molecule has 3 nitrogen and oxygen atoms in total. The Morgan fingerprint density at radius 2 is 1.95 bits per heavy atom. The summed E-state index contributed by atoms with van der Waals surface area (Å²) in [6.07, 6.45) is -3.91.